The number of hydrogen-bond acceptors (Lipinski definition) is 5. The van der Waals surface area contributed by atoms with Gasteiger partial charge in [-0.25, -0.2) is 0 Å². The van der Waals surface area contributed by atoms with Crippen molar-refractivity contribution in [1.29, 1.82) is 0 Å². The Morgan fingerprint density at radius 3 is 2.37 bits per heavy atom. The lowest BCUT2D eigenvalue weighted by Gasteiger charge is -2.58. The Morgan fingerprint density at radius 1 is 0.898 bits per heavy atom. The second-order valence-electron chi connectivity index (χ2n) is 17.8. The molecule has 0 radical (unpaired) electrons. The van der Waals surface area contributed by atoms with Gasteiger partial charge in [-0.1, -0.05) is 116 Å². The van der Waals surface area contributed by atoms with Crippen LogP contribution in [-0.2, 0) is 19.0 Å². The van der Waals surface area contributed by atoms with Crippen molar-refractivity contribution in [2.75, 3.05) is 6.61 Å². The van der Waals surface area contributed by atoms with Crippen LogP contribution in [0.5, 0.6) is 0 Å². The molecule has 5 nitrogen and oxygen atoms in total. The van der Waals surface area contributed by atoms with E-state index in [1.807, 2.05) is 6.92 Å². The Hall–Kier alpha value is -1.21. The summed E-state index contributed by atoms with van der Waals surface area (Å²) in [6.07, 6.45) is 20.3. The van der Waals surface area contributed by atoms with Gasteiger partial charge in [0.25, 0.3) is 10.1 Å². The molecule has 3 fully saturated rings. The average Bonchev–Trinajstić information content (AvgIpc) is 3.42. The molecular formula is C43H70O5S. The maximum Gasteiger partial charge on any atom is 0.297 e. The monoisotopic (exact) mass is 698 g/mol. The minimum absolute atomic E-state index is 0.0480. The van der Waals surface area contributed by atoms with Gasteiger partial charge in [-0.3, -0.25) is 4.18 Å². The van der Waals surface area contributed by atoms with Gasteiger partial charge in [-0.2, -0.15) is 8.42 Å². The molecule has 3 saturated carbocycles. The fourth-order valence-electron chi connectivity index (χ4n) is 11.2. The average molecular weight is 699 g/mol. The highest BCUT2D eigenvalue weighted by atomic mass is 32.2. The normalized spacial score (nSPS) is 33.3. The van der Waals surface area contributed by atoms with Crippen LogP contribution in [0.4, 0.5) is 0 Å². The Balaban J connectivity index is 1.22. The molecule has 1 N–H and O–H groups in total. The first-order valence-corrected chi connectivity index (χ1v) is 21.7. The Morgan fingerprint density at radius 2 is 1.65 bits per heavy atom. The first-order valence-electron chi connectivity index (χ1n) is 20.3. The van der Waals surface area contributed by atoms with Crippen molar-refractivity contribution in [3.05, 3.63) is 41.5 Å². The zero-order chi connectivity index (χ0) is 35.4. The van der Waals surface area contributed by atoms with Crippen LogP contribution in [-0.4, -0.2) is 38.4 Å². The predicted octanol–water partition coefficient (Wildman–Crippen LogP) is 10.8. The van der Waals surface area contributed by atoms with E-state index in [1.54, 1.807) is 29.8 Å². The van der Waals surface area contributed by atoms with Crippen LogP contribution >= 0.6 is 0 Å². The molecule has 278 valence electrons. The number of benzene rings is 1. The molecule has 6 heteroatoms. The molecule has 0 saturated heterocycles. The molecule has 0 spiro atoms. The van der Waals surface area contributed by atoms with Gasteiger partial charge in [0.15, 0.2) is 0 Å². The van der Waals surface area contributed by atoms with Gasteiger partial charge in [-0.15, -0.1) is 0 Å². The number of ether oxygens (including phenoxy) is 1. The summed E-state index contributed by atoms with van der Waals surface area (Å²) >= 11 is 0. The minimum Gasteiger partial charge on any atom is -0.388 e. The quantitative estimate of drug-likeness (QED) is 0.0996. The van der Waals surface area contributed by atoms with Crippen molar-refractivity contribution in [2.24, 2.45) is 46.3 Å². The number of fused-ring (bicyclic) bond motifs is 5. The minimum atomic E-state index is -3.95. The number of allylic oxidation sites excluding steroid dienone is 1. The first kappa shape index (κ1) is 39.0. The van der Waals surface area contributed by atoms with Crippen LogP contribution < -0.4 is 0 Å². The summed E-state index contributed by atoms with van der Waals surface area (Å²) in [6.45, 7) is 16.4. The molecule has 0 heterocycles. The fourth-order valence-corrected chi connectivity index (χ4v) is 12.1. The summed E-state index contributed by atoms with van der Waals surface area (Å²) in [5.41, 5.74) is 3.31. The smallest absolute Gasteiger partial charge is 0.297 e. The zero-order valence-electron chi connectivity index (χ0n) is 32.1. The van der Waals surface area contributed by atoms with Crippen molar-refractivity contribution < 1.29 is 22.4 Å². The van der Waals surface area contributed by atoms with Crippen LogP contribution in [0.15, 0.2) is 40.8 Å². The van der Waals surface area contributed by atoms with Crippen LogP contribution in [0.25, 0.3) is 0 Å². The molecule has 0 aromatic heterocycles. The molecule has 1 aromatic rings. The van der Waals surface area contributed by atoms with E-state index in [0.717, 1.165) is 86.0 Å². The van der Waals surface area contributed by atoms with E-state index in [-0.39, 0.29) is 23.0 Å². The lowest BCUT2D eigenvalue weighted by atomic mass is 9.47. The summed E-state index contributed by atoms with van der Waals surface area (Å²) in [6, 6.07) is 6.64. The van der Waals surface area contributed by atoms with Crippen molar-refractivity contribution in [3.63, 3.8) is 0 Å². The van der Waals surface area contributed by atoms with Gasteiger partial charge in [-0.05, 0) is 123 Å². The van der Waals surface area contributed by atoms with Crippen LogP contribution in [0.1, 0.15) is 150 Å². The topological polar surface area (TPSA) is 72.8 Å². The van der Waals surface area contributed by atoms with Gasteiger partial charge in [0, 0.05) is 0 Å². The highest BCUT2D eigenvalue weighted by molar-refractivity contribution is 7.86. The SMILES string of the molecule is CCCCCC[C@H](O[C@H]1CC[C@@]2(C)C(=CC[C@H]3[C@@H]4CC[C@H]([C@H](C)CCCC(C)C)[C@@]4(C)CC[C@@H]32)C1)[C@H](O)COS(=O)(=O)c1ccc(C)cc1. The first-order chi connectivity index (χ1) is 23.3. The van der Waals surface area contributed by atoms with E-state index in [9.17, 15) is 13.5 Å². The van der Waals surface area contributed by atoms with Crippen molar-refractivity contribution >= 4 is 10.1 Å². The predicted molar refractivity (Wildman–Crippen MR) is 201 cm³/mol. The lowest BCUT2D eigenvalue weighted by molar-refractivity contribution is -0.111. The molecule has 0 bridgehead atoms. The van der Waals surface area contributed by atoms with E-state index < -0.39 is 22.3 Å². The molecular weight excluding hydrogens is 629 g/mol. The number of rotatable bonds is 17. The second-order valence-corrected chi connectivity index (χ2v) is 19.4. The fraction of sp³-hybridized carbons (Fsp3) is 0.814. The van der Waals surface area contributed by atoms with E-state index in [2.05, 4.69) is 47.6 Å². The third-order valence-electron chi connectivity index (χ3n) is 14.1. The van der Waals surface area contributed by atoms with Crippen LogP contribution in [0, 0.1) is 53.3 Å². The number of aliphatic hydroxyl groups is 1. The third-order valence-corrected chi connectivity index (χ3v) is 15.4. The maximum atomic E-state index is 12.9. The van der Waals surface area contributed by atoms with Crippen LogP contribution in [0.3, 0.4) is 0 Å². The van der Waals surface area contributed by atoms with Crippen LogP contribution in [0.2, 0.25) is 0 Å². The molecule has 4 aliphatic carbocycles. The summed E-state index contributed by atoms with van der Waals surface area (Å²) in [7, 11) is -3.95. The number of aryl methyl sites for hydroxylation is 1. The Bertz CT molecular complexity index is 1340. The second kappa shape index (κ2) is 16.6. The van der Waals surface area contributed by atoms with E-state index >= 15 is 0 Å². The summed E-state index contributed by atoms with van der Waals surface area (Å²) in [5, 5.41) is 11.3. The molecule has 1 aromatic carbocycles. The van der Waals surface area contributed by atoms with Crippen molar-refractivity contribution in [2.45, 2.75) is 174 Å². The number of aliphatic hydroxyl groups excluding tert-OH is 1. The van der Waals surface area contributed by atoms with Gasteiger partial charge >= 0.3 is 0 Å². The molecule has 0 unspecified atom stereocenters. The molecule has 4 aliphatic rings. The highest BCUT2D eigenvalue weighted by Crippen LogP contribution is 2.67. The lowest BCUT2D eigenvalue weighted by Crippen LogP contribution is -2.51. The van der Waals surface area contributed by atoms with Crippen molar-refractivity contribution in [3.8, 4) is 0 Å². The third kappa shape index (κ3) is 8.88. The van der Waals surface area contributed by atoms with E-state index in [0.29, 0.717) is 11.8 Å². The Labute approximate surface area is 300 Å². The number of unbranched alkanes of at least 4 members (excludes halogenated alkanes) is 3. The summed E-state index contributed by atoms with van der Waals surface area (Å²) in [5.74, 6) is 4.94. The molecule has 49 heavy (non-hydrogen) atoms. The molecule has 0 amide bonds. The summed E-state index contributed by atoms with van der Waals surface area (Å²) in [4.78, 5) is 0.118. The Kier molecular flexibility index (Phi) is 13.2. The number of hydrogen-bond donors (Lipinski definition) is 1. The molecule has 0 aliphatic heterocycles. The van der Waals surface area contributed by atoms with Gasteiger partial charge in [0.05, 0.1) is 23.7 Å². The molecule has 5 rings (SSSR count). The van der Waals surface area contributed by atoms with Gasteiger partial charge in [0.1, 0.15) is 6.10 Å². The van der Waals surface area contributed by atoms with Gasteiger partial charge < -0.3 is 9.84 Å². The van der Waals surface area contributed by atoms with Gasteiger partial charge in [0.2, 0.25) is 0 Å². The standard InChI is InChI=1S/C43H70O5S/c1-8-9-10-11-15-41(40(44)29-47-49(45,46)35-19-16-31(4)17-20-35)48-34-24-26-42(6)33(28-34)18-21-36-38-23-22-37(32(5)14-12-13-30(2)3)43(38,7)27-25-39(36)42/h16-20,30,32,34,36-41,44H,8-15,21-29H2,1-7H3/t32-,34+,36+,37-,38+,39+,40-,41+,42+,43-/m1/s1. The van der Waals surface area contributed by atoms with Crippen molar-refractivity contribution in [1.82, 2.24) is 0 Å². The van der Waals surface area contributed by atoms with E-state index in [1.165, 1.54) is 51.4 Å². The zero-order valence-corrected chi connectivity index (χ0v) is 32.9. The molecule has 10 atom stereocenters. The maximum absolute atomic E-state index is 12.9. The highest BCUT2D eigenvalue weighted by Gasteiger charge is 2.59. The van der Waals surface area contributed by atoms with E-state index in [4.69, 9.17) is 8.92 Å². The largest absolute Gasteiger partial charge is 0.388 e. The summed E-state index contributed by atoms with van der Waals surface area (Å²) < 4.78 is 37.9.